The van der Waals surface area contributed by atoms with Crippen LogP contribution in [-0.4, -0.2) is 11.9 Å². The van der Waals surface area contributed by atoms with Crippen LogP contribution in [0.4, 0.5) is 0 Å². The largest absolute Gasteiger partial charge is 0.353 e. The highest BCUT2D eigenvalue weighted by molar-refractivity contribution is 6.31. The molecular formula is C24H24Cl2N2O. The van der Waals surface area contributed by atoms with Gasteiger partial charge in [0.2, 0.25) is 5.91 Å². The Balaban J connectivity index is 1.86. The maximum absolute atomic E-state index is 13.0. The summed E-state index contributed by atoms with van der Waals surface area (Å²) >= 11 is 12.8. The molecule has 2 aromatic rings. The van der Waals surface area contributed by atoms with E-state index in [1.165, 1.54) is 5.56 Å². The Hall–Kier alpha value is -2.02. The molecule has 2 aromatic carbocycles. The molecule has 2 fully saturated rings. The van der Waals surface area contributed by atoms with E-state index in [0.717, 1.165) is 24.8 Å². The number of carbonyl (C=O) groups is 1. The molecule has 1 saturated heterocycles. The van der Waals surface area contributed by atoms with E-state index in [1.807, 2.05) is 24.3 Å². The molecule has 5 atom stereocenters. The summed E-state index contributed by atoms with van der Waals surface area (Å²) < 4.78 is 0. The number of hydrogen-bond acceptors (Lipinski definition) is 2. The van der Waals surface area contributed by atoms with Crippen molar-refractivity contribution in [3.05, 3.63) is 69.2 Å². The molecule has 0 spiro atoms. The topological polar surface area (TPSA) is 52.9 Å². The lowest BCUT2D eigenvalue weighted by molar-refractivity contribution is -0.131. The maximum atomic E-state index is 13.0. The van der Waals surface area contributed by atoms with Gasteiger partial charge in [-0.15, -0.1) is 0 Å². The predicted molar refractivity (Wildman–Crippen MR) is 116 cm³/mol. The van der Waals surface area contributed by atoms with Crippen LogP contribution in [0, 0.1) is 22.7 Å². The lowest BCUT2D eigenvalue weighted by atomic mass is 9.54. The van der Waals surface area contributed by atoms with E-state index in [2.05, 4.69) is 37.4 Å². The first kappa shape index (κ1) is 20.3. The van der Waals surface area contributed by atoms with Gasteiger partial charge in [-0.1, -0.05) is 48.3 Å². The molecule has 1 heterocycles. The molecule has 1 aliphatic carbocycles. The fraction of sp³-hybridized carbons (Fsp3) is 0.417. The second kappa shape index (κ2) is 7.67. The molecule has 1 amide bonds. The van der Waals surface area contributed by atoms with Crippen molar-refractivity contribution in [2.45, 2.75) is 51.0 Å². The molecule has 150 valence electrons. The maximum Gasteiger partial charge on any atom is 0.226 e. The third-order valence-corrected chi connectivity index (χ3v) is 7.70. The van der Waals surface area contributed by atoms with Crippen LogP contribution in [-0.2, 0) is 4.79 Å². The summed E-state index contributed by atoms with van der Waals surface area (Å²) in [7, 11) is 0. The van der Waals surface area contributed by atoms with Crippen molar-refractivity contribution < 1.29 is 4.79 Å². The summed E-state index contributed by atoms with van der Waals surface area (Å²) in [6, 6.07) is 15.8. The van der Waals surface area contributed by atoms with Crippen LogP contribution in [0.15, 0.2) is 42.5 Å². The molecule has 0 bridgehead atoms. The summed E-state index contributed by atoms with van der Waals surface area (Å²) in [5, 5.41) is 13.8. The van der Waals surface area contributed by atoms with Crippen LogP contribution < -0.4 is 5.32 Å². The monoisotopic (exact) mass is 426 g/mol. The van der Waals surface area contributed by atoms with E-state index in [9.17, 15) is 10.1 Å². The Morgan fingerprint density at radius 1 is 1.21 bits per heavy atom. The number of nitrogens with zero attached hydrogens (tertiary/aromatic N) is 1. The van der Waals surface area contributed by atoms with Gasteiger partial charge in [0.1, 0.15) is 0 Å². The second-order valence-electron chi connectivity index (χ2n) is 8.37. The van der Waals surface area contributed by atoms with E-state index < -0.39 is 0 Å². The number of benzene rings is 2. The van der Waals surface area contributed by atoms with Gasteiger partial charge >= 0.3 is 0 Å². The third kappa shape index (κ3) is 3.23. The first-order chi connectivity index (χ1) is 13.9. The molecule has 5 heteroatoms. The Morgan fingerprint density at radius 2 is 1.93 bits per heavy atom. The van der Waals surface area contributed by atoms with Crippen LogP contribution in [0.1, 0.15) is 61.6 Å². The van der Waals surface area contributed by atoms with E-state index in [-0.39, 0.29) is 35.1 Å². The van der Waals surface area contributed by atoms with Gasteiger partial charge in [-0.25, -0.2) is 0 Å². The molecule has 3 nitrogen and oxygen atoms in total. The van der Waals surface area contributed by atoms with Crippen molar-refractivity contribution in [2.24, 2.45) is 11.3 Å². The van der Waals surface area contributed by atoms with E-state index in [1.54, 1.807) is 6.07 Å². The summed E-state index contributed by atoms with van der Waals surface area (Å²) in [5.41, 5.74) is 2.46. The Kier molecular flexibility index (Phi) is 5.36. The quantitative estimate of drug-likeness (QED) is 0.648. The zero-order valence-electron chi connectivity index (χ0n) is 16.6. The van der Waals surface area contributed by atoms with Gasteiger partial charge < -0.3 is 5.32 Å². The van der Waals surface area contributed by atoms with E-state index in [0.29, 0.717) is 15.6 Å². The first-order valence-electron chi connectivity index (χ1n) is 10.2. The Labute approximate surface area is 182 Å². The SMILES string of the molecule is CC[C@@]12CC[C@@H](c3ccc(C#N)cc3Cl)[C@H](c3ccc(Cl)cc3)[C@@H]1[C@@H](C)NC2=O. The van der Waals surface area contributed by atoms with Gasteiger partial charge in [0.25, 0.3) is 0 Å². The predicted octanol–water partition coefficient (Wildman–Crippen LogP) is 6.06. The molecule has 0 radical (unpaired) electrons. The summed E-state index contributed by atoms with van der Waals surface area (Å²) in [4.78, 5) is 13.0. The second-order valence-corrected chi connectivity index (χ2v) is 9.21. The molecule has 2 aliphatic rings. The zero-order valence-corrected chi connectivity index (χ0v) is 18.1. The normalized spacial score (nSPS) is 31.1. The van der Waals surface area contributed by atoms with Gasteiger partial charge in [0.15, 0.2) is 0 Å². The van der Waals surface area contributed by atoms with E-state index in [4.69, 9.17) is 23.2 Å². The van der Waals surface area contributed by atoms with Crippen LogP contribution >= 0.6 is 23.2 Å². The fourth-order valence-electron chi connectivity index (χ4n) is 5.79. The average Bonchev–Trinajstić information content (AvgIpc) is 2.98. The molecule has 1 N–H and O–H groups in total. The van der Waals surface area contributed by atoms with Crippen molar-refractivity contribution in [1.29, 1.82) is 5.26 Å². The summed E-state index contributed by atoms with van der Waals surface area (Å²) in [6.07, 6.45) is 2.55. The molecule has 29 heavy (non-hydrogen) atoms. The minimum Gasteiger partial charge on any atom is -0.353 e. The molecule has 4 rings (SSSR count). The van der Waals surface area contributed by atoms with Crippen LogP contribution in [0.25, 0.3) is 0 Å². The molecule has 0 unspecified atom stereocenters. The third-order valence-electron chi connectivity index (χ3n) is 7.12. The minimum absolute atomic E-state index is 0.0862. The number of nitriles is 1. The van der Waals surface area contributed by atoms with Crippen molar-refractivity contribution in [2.75, 3.05) is 0 Å². The fourth-order valence-corrected chi connectivity index (χ4v) is 6.24. The number of nitrogens with one attached hydrogen (secondary N) is 1. The van der Waals surface area contributed by atoms with Gasteiger partial charge in [-0.05, 0) is 73.4 Å². The minimum atomic E-state index is -0.348. The Morgan fingerprint density at radius 3 is 2.55 bits per heavy atom. The van der Waals surface area contributed by atoms with Crippen LogP contribution in [0.2, 0.25) is 10.0 Å². The van der Waals surface area contributed by atoms with E-state index >= 15 is 0 Å². The first-order valence-corrected chi connectivity index (χ1v) is 10.9. The van der Waals surface area contributed by atoms with Gasteiger partial charge in [-0.3, -0.25) is 4.79 Å². The smallest absolute Gasteiger partial charge is 0.226 e. The number of carbonyl (C=O) groups excluding carboxylic acids is 1. The standard InChI is InChI=1S/C24H24Cl2N2O/c1-3-24-11-10-19(18-9-4-15(13-27)12-20(18)26)21(16-5-7-17(25)8-6-16)22(24)14(2)28-23(24)29/h4-9,12,14,19,21-22H,3,10-11H2,1-2H3,(H,28,29)/t14-,19+,21+,22+,24-/m1/s1. The van der Waals surface area contributed by atoms with Crippen molar-refractivity contribution >= 4 is 29.1 Å². The Bertz CT molecular complexity index is 981. The number of fused-ring (bicyclic) bond motifs is 1. The molecule has 1 aliphatic heterocycles. The molecule has 0 aromatic heterocycles. The highest BCUT2D eigenvalue weighted by atomic mass is 35.5. The number of halogens is 2. The summed E-state index contributed by atoms with van der Waals surface area (Å²) in [5.74, 6) is 0.670. The van der Waals surface area contributed by atoms with Crippen molar-refractivity contribution in [3.8, 4) is 6.07 Å². The van der Waals surface area contributed by atoms with Gasteiger partial charge in [-0.2, -0.15) is 5.26 Å². The van der Waals surface area contributed by atoms with Crippen LogP contribution in [0.3, 0.4) is 0 Å². The van der Waals surface area contributed by atoms with Crippen LogP contribution in [0.5, 0.6) is 0 Å². The lowest BCUT2D eigenvalue weighted by Gasteiger charge is -2.47. The van der Waals surface area contributed by atoms with Crippen molar-refractivity contribution in [1.82, 2.24) is 5.32 Å². The van der Waals surface area contributed by atoms with Gasteiger partial charge in [0.05, 0.1) is 17.0 Å². The lowest BCUT2D eigenvalue weighted by Crippen LogP contribution is -2.43. The summed E-state index contributed by atoms with van der Waals surface area (Å²) in [6.45, 7) is 4.24. The highest BCUT2D eigenvalue weighted by Crippen LogP contribution is 2.60. The number of amides is 1. The highest BCUT2D eigenvalue weighted by Gasteiger charge is 2.59. The molecular weight excluding hydrogens is 403 g/mol. The molecule has 1 saturated carbocycles. The average molecular weight is 427 g/mol. The zero-order chi connectivity index (χ0) is 20.8. The van der Waals surface area contributed by atoms with Gasteiger partial charge in [0, 0.05) is 22.0 Å². The number of hydrogen-bond donors (Lipinski definition) is 1. The van der Waals surface area contributed by atoms with Crippen molar-refractivity contribution in [3.63, 3.8) is 0 Å². The number of rotatable bonds is 3.